The van der Waals surface area contributed by atoms with Gasteiger partial charge in [-0.2, -0.15) is 0 Å². The molecule has 0 amide bonds. The normalized spacial score (nSPS) is 21.1. The Morgan fingerprint density at radius 3 is 2.56 bits per heavy atom. The number of aldehydes is 1. The van der Waals surface area contributed by atoms with Crippen LogP contribution in [-0.2, 0) is 0 Å². The van der Waals surface area contributed by atoms with Crippen LogP contribution in [0.5, 0.6) is 0 Å². The molecule has 0 radical (unpaired) electrons. The maximum absolute atomic E-state index is 13.6. The van der Waals surface area contributed by atoms with E-state index in [1.165, 1.54) is 7.05 Å². The van der Waals surface area contributed by atoms with Crippen molar-refractivity contribution in [1.29, 1.82) is 0 Å². The van der Waals surface area contributed by atoms with Gasteiger partial charge in [0.15, 0.2) is 0 Å². The van der Waals surface area contributed by atoms with Crippen LogP contribution in [-0.4, -0.2) is 19.3 Å². The molecule has 0 aromatic heterocycles. The van der Waals surface area contributed by atoms with Gasteiger partial charge in [-0.1, -0.05) is 17.7 Å². The number of rotatable bonds is 2. The van der Waals surface area contributed by atoms with Gasteiger partial charge in [-0.05, 0) is 38.4 Å². The Balaban J connectivity index is 0.000000771. The SMILES string of the molecule is CN.Cc1ccc(C2CCCC2(F)F)c(C=O)c1. The van der Waals surface area contributed by atoms with Crippen LogP contribution in [0.25, 0.3) is 0 Å². The van der Waals surface area contributed by atoms with Gasteiger partial charge in [-0.25, -0.2) is 8.78 Å². The van der Waals surface area contributed by atoms with Gasteiger partial charge in [-0.3, -0.25) is 4.79 Å². The summed E-state index contributed by atoms with van der Waals surface area (Å²) in [4.78, 5) is 10.9. The second kappa shape index (κ2) is 6.05. The Labute approximate surface area is 106 Å². The fourth-order valence-electron chi connectivity index (χ4n) is 2.42. The first kappa shape index (κ1) is 14.8. The van der Waals surface area contributed by atoms with Gasteiger partial charge >= 0.3 is 0 Å². The number of hydrogen-bond donors (Lipinski definition) is 1. The molecule has 0 bridgehead atoms. The summed E-state index contributed by atoms with van der Waals surface area (Å²) in [6, 6.07) is 5.14. The molecule has 2 N–H and O–H groups in total. The lowest BCUT2D eigenvalue weighted by Crippen LogP contribution is -2.20. The second-order valence-corrected chi connectivity index (χ2v) is 4.46. The molecule has 1 saturated carbocycles. The summed E-state index contributed by atoms with van der Waals surface area (Å²) in [6.07, 6.45) is 1.61. The number of carbonyl (C=O) groups is 1. The van der Waals surface area contributed by atoms with Crippen LogP contribution in [0.1, 0.15) is 46.7 Å². The number of nitrogens with two attached hydrogens (primary N) is 1. The monoisotopic (exact) mass is 255 g/mol. The number of aryl methyl sites for hydroxylation is 1. The van der Waals surface area contributed by atoms with Crippen molar-refractivity contribution in [2.75, 3.05) is 7.05 Å². The molecular formula is C14H19F2NO. The fourth-order valence-corrected chi connectivity index (χ4v) is 2.42. The van der Waals surface area contributed by atoms with Crippen molar-refractivity contribution in [3.63, 3.8) is 0 Å². The molecule has 0 heterocycles. The molecule has 100 valence electrons. The maximum Gasteiger partial charge on any atom is 0.254 e. The highest BCUT2D eigenvalue weighted by Crippen LogP contribution is 2.47. The molecular weight excluding hydrogens is 236 g/mol. The van der Waals surface area contributed by atoms with Gasteiger partial charge in [0.05, 0.1) is 0 Å². The molecule has 2 rings (SSSR count). The smallest absolute Gasteiger partial charge is 0.254 e. The summed E-state index contributed by atoms with van der Waals surface area (Å²) in [5, 5.41) is 0. The van der Waals surface area contributed by atoms with Gasteiger partial charge in [0.25, 0.3) is 5.92 Å². The molecule has 0 saturated heterocycles. The van der Waals surface area contributed by atoms with Crippen molar-refractivity contribution in [1.82, 2.24) is 0 Å². The first-order valence-electron chi connectivity index (χ1n) is 6.06. The summed E-state index contributed by atoms with van der Waals surface area (Å²) >= 11 is 0. The molecule has 2 nitrogen and oxygen atoms in total. The standard InChI is InChI=1S/C13H14F2O.CH5N/c1-9-4-5-11(10(7-9)8-16)12-3-2-6-13(12,14)15;1-2/h4-5,7-8,12H,2-3,6H2,1H3;2H2,1H3. The van der Waals surface area contributed by atoms with E-state index < -0.39 is 11.8 Å². The third-order valence-electron chi connectivity index (χ3n) is 3.26. The highest BCUT2D eigenvalue weighted by atomic mass is 19.3. The van der Waals surface area contributed by atoms with Gasteiger partial charge in [0.1, 0.15) is 6.29 Å². The van der Waals surface area contributed by atoms with E-state index in [1.807, 2.05) is 6.92 Å². The minimum absolute atomic E-state index is 0.0656. The van der Waals surface area contributed by atoms with E-state index in [0.717, 1.165) is 5.56 Å². The van der Waals surface area contributed by atoms with E-state index in [2.05, 4.69) is 5.73 Å². The minimum atomic E-state index is -2.66. The van der Waals surface area contributed by atoms with E-state index in [4.69, 9.17) is 0 Å². The maximum atomic E-state index is 13.6. The largest absolute Gasteiger partial charge is 0.333 e. The van der Waals surface area contributed by atoms with Crippen LogP contribution >= 0.6 is 0 Å². The zero-order valence-corrected chi connectivity index (χ0v) is 10.7. The molecule has 0 aliphatic heterocycles. The summed E-state index contributed by atoms with van der Waals surface area (Å²) < 4.78 is 27.2. The van der Waals surface area contributed by atoms with Gasteiger partial charge in [0, 0.05) is 17.9 Å². The van der Waals surface area contributed by atoms with E-state index in [0.29, 0.717) is 30.3 Å². The molecule has 1 aliphatic rings. The van der Waals surface area contributed by atoms with Gasteiger partial charge in [-0.15, -0.1) is 0 Å². The van der Waals surface area contributed by atoms with Gasteiger partial charge in [0.2, 0.25) is 0 Å². The van der Waals surface area contributed by atoms with Crippen molar-refractivity contribution in [2.24, 2.45) is 5.73 Å². The number of benzene rings is 1. The van der Waals surface area contributed by atoms with E-state index in [9.17, 15) is 13.6 Å². The lowest BCUT2D eigenvalue weighted by Gasteiger charge is -2.20. The Bertz CT molecular complexity index is 418. The van der Waals surface area contributed by atoms with Crippen LogP contribution in [0.2, 0.25) is 0 Å². The van der Waals surface area contributed by atoms with Gasteiger partial charge < -0.3 is 5.73 Å². The third-order valence-corrected chi connectivity index (χ3v) is 3.26. The zero-order valence-electron chi connectivity index (χ0n) is 10.7. The molecule has 1 fully saturated rings. The molecule has 1 aromatic rings. The lowest BCUT2D eigenvalue weighted by molar-refractivity contribution is -0.00905. The van der Waals surface area contributed by atoms with Crippen LogP contribution in [0.4, 0.5) is 8.78 Å². The van der Waals surface area contributed by atoms with Crippen molar-refractivity contribution < 1.29 is 13.6 Å². The average Bonchev–Trinajstić information content (AvgIpc) is 2.71. The van der Waals surface area contributed by atoms with E-state index >= 15 is 0 Å². The first-order valence-corrected chi connectivity index (χ1v) is 6.06. The molecule has 18 heavy (non-hydrogen) atoms. The average molecular weight is 255 g/mol. The predicted molar refractivity (Wildman–Crippen MR) is 68.2 cm³/mol. The topological polar surface area (TPSA) is 43.1 Å². The van der Waals surface area contributed by atoms with Crippen molar-refractivity contribution in [3.05, 3.63) is 34.9 Å². The number of carbonyl (C=O) groups excluding carboxylic acids is 1. The van der Waals surface area contributed by atoms with Crippen LogP contribution in [0, 0.1) is 6.92 Å². The van der Waals surface area contributed by atoms with Crippen LogP contribution in [0.3, 0.4) is 0 Å². The Morgan fingerprint density at radius 2 is 2.06 bits per heavy atom. The molecule has 1 unspecified atom stereocenters. The first-order chi connectivity index (χ1) is 8.54. The van der Waals surface area contributed by atoms with Crippen molar-refractivity contribution in [2.45, 2.75) is 38.0 Å². The number of alkyl halides is 2. The Kier molecular flexibility index (Phi) is 4.96. The van der Waals surface area contributed by atoms with Crippen molar-refractivity contribution >= 4 is 6.29 Å². The van der Waals surface area contributed by atoms with Crippen LogP contribution in [0.15, 0.2) is 18.2 Å². The fraction of sp³-hybridized carbons (Fsp3) is 0.500. The molecule has 1 aliphatic carbocycles. The lowest BCUT2D eigenvalue weighted by atomic mass is 9.90. The van der Waals surface area contributed by atoms with Crippen molar-refractivity contribution in [3.8, 4) is 0 Å². The molecule has 1 aromatic carbocycles. The minimum Gasteiger partial charge on any atom is -0.333 e. The summed E-state index contributed by atoms with van der Waals surface area (Å²) in [5.74, 6) is -3.44. The zero-order chi connectivity index (χ0) is 13.8. The Hall–Kier alpha value is -1.29. The molecule has 1 atom stereocenters. The second-order valence-electron chi connectivity index (χ2n) is 4.46. The summed E-state index contributed by atoms with van der Waals surface area (Å²) in [5.41, 5.74) is 6.34. The van der Waals surface area contributed by atoms with E-state index in [1.54, 1.807) is 18.2 Å². The summed E-state index contributed by atoms with van der Waals surface area (Å²) in [6.45, 7) is 1.85. The highest BCUT2D eigenvalue weighted by Gasteiger charge is 2.45. The van der Waals surface area contributed by atoms with E-state index in [-0.39, 0.29) is 6.42 Å². The number of hydrogen-bond acceptors (Lipinski definition) is 2. The molecule has 0 spiro atoms. The quantitative estimate of drug-likeness (QED) is 0.824. The Morgan fingerprint density at radius 1 is 1.39 bits per heavy atom. The van der Waals surface area contributed by atoms with Crippen LogP contribution < -0.4 is 5.73 Å². The number of halogens is 2. The third kappa shape index (κ3) is 2.93. The molecule has 4 heteroatoms. The predicted octanol–water partition coefficient (Wildman–Crippen LogP) is 3.29. The summed E-state index contributed by atoms with van der Waals surface area (Å²) in [7, 11) is 1.50. The highest BCUT2D eigenvalue weighted by molar-refractivity contribution is 5.78.